The quantitative estimate of drug-likeness (QED) is 0.694. The monoisotopic (exact) mass is 270 g/mol. The van der Waals surface area contributed by atoms with Gasteiger partial charge in [-0.05, 0) is 45.9 Å². The molecule has 1 spiro atoms. The Kier molecular flexibility index (Phi) is 1.27. The van der Waals surface area contributed by atoms with Crippen molar-refractivity contribution in [3.63, 3.8) is 0 Å². The zero-order chi connectivity index (χ0) is 13.3. The maximum Gasteiger partial charge on any atom is 0.138 e. The SMILES string of the molecule is c1ccc2c(c1)-c1ccccc1C21N=NC2C3C4C3C4C21. The fourth-order valence-electron chi connectivity index (χ4n) is 6.15. The Morgan fingerprint density at radius 3 is 2.00 bits per heavy atom. The number of fused-ring (bicyclic) bond motifs is 5. The van der Waals surface area contributed by atoms with Crippen LogP contribution in [0.5, 0.6) is 0 Å². The molecule has 4 unspecified atom stereocenters. The number of nitrogens with zero attached hydrogens (tertiary/aromatic N) is 2. The van der Waals surface area contributed by atoms with Crippen LogP contribution < -0.4 is 0 Å². The molecule has 1 heterocycles. The standard InChI is InChI=1S/C19H14N2/c1-3-7-11-9(5-1)10-6-2-4-8-12(10)19(11)17-15-13-14(15)16(13)18(17)20-21-19/h1-8,13-18H. The van der Waals surface area contributed by atoms with Gasteiger partial charge in [-0.3, -0.25) is 0 Å². The van der Waals surface area contributed by atoms with Crippen molar-refractivity contribution >= 4 is 0 Å². The molecule has 6 aliphatic rings. The van der Waals surface area contributed by atoms with Crippen molar-refractivity contribution in [1.29, 1.82) is 0 Å². The third-order valence-corrected chi connectivity index (χ3v) is 6.91. The van der Waals surface area contributed by atoms with E-state index in [0.717, 1.165) is 23.7 Å². The van der Waals surface area contributed by atoms with Crippen LogP contribution in [0.25, 0.3) is 11.1 Å². The second-order valence-corrected chi connectivity index (χ2v) is 7.40. The maximum atomic E-state index is 4.95. The molecule has 0 radical (unpaired) electrons. The Morgan fingerprint density at radius 2 is 1.33 bits per heavy atom. The Morgan fingerprint density at radius 1 is 0.714 bits per heavy atom. The summed E-state index contributed by atoms with van der Waals surface area (Å²) in [5.74, 6) is 4.46. The van der Waals surface area contributed by atoms with Crippen molar-refractivity contribution in [3.05, 3.63) is 59.7 Å². The molecule has 1 aliphatic heterocycles. The summed E-state index contributed by atoms with van der Waals surface area (Å²) in [4.78, 5) is 0. The summed E-state index contributed by atoms with van der Waals surface area (Å²) in [6.45, 7) is 0. The first-order valence-electron chi connectivity index (χ1n) is 8.04. The molecule has 2 bridgehead atoms. The third-order valence-electron chi connectivity index (χ3n) is 6.91. The predicted octanol–water partition coefficient (Wildman–Crippen LogP) is 3.87. The van der Waals surface area contributed by atoms with E-state index in [2.05, 4.69) is 48.5 Å². The first-order chi connectivity index (χ1) is 10.4. The van der Waals surface area contributed by atoms with Crippen LogP contribution >= 0.6 is 0 Å². The maximum absolute atomic E-state index is 4.95. The topological polar surface area (TPSA) is 24.7 Å². The van der Waals surface area contributed by atoms with E-state index in [1.807, 2.05) is 0 Å². The molecular weight excluding hydrogens is 256 g/mol. The van der Waals surface area contributed by atoms with Crippen LogP contribution in [0.3, 0.4) is 0 Å². The smallest absolute Gasteiger partial charge is 0.138 e. The van der Waals surface area contributed by atoms with E-state index in [4.69, 9.17) is 10.2 Å². The molecular formula is C19H14N2. The molecule has 2 heteroatoms. The van der Waals surface area contributed by atoms with Crippen LogP contribution in [-0.2, 0) is 5.54 Å². The van der Waals surface area contributed by atoms with E-state index in [9.17, 15) is 0 Å². The second kappa shape index (κ2) is 2.70. The average molecular weight is 270 g/mol. The van der Waals surface area contributed by atoms with Gasteiger partial charge in [0.25, 0.3) is 0 Å². The fraction of sp³-hybridized carbons (Fsp3) is 0.368. The van der Waals surface area contributed by atoms with Gasteiger partial charge in [0.05, 0.1) is 6.04 Å². The number of benzene rings is 2. The molecule has 2 nitrogen and oxygen atoms in total. The van der Waals surface area contributed by atoms with E-state index in [-0.39, 0.29) is 5.54 Å². The van der Waals surface area contributed by atoms with Gasteiger partial charge in [0, 0.05) is 5.92 Å². The summed E-state index contributed by atoms with van der Waals surface area (Å²) < 4.78 is 0. The fourth-order valence-corrected chi connectivity index (χ4v) is 6.15. The van der Waals surface area contributed by atoms with Crippen molar-refractivity contribution in [2.24, 2.45) is 39.8 Å². The second-order valence-electron chi connectivity index (χ2n) is 7.40. The lowest BCUT2D eigenvalue weighted by Crippen LogP contribution is -2.33. The lowest BCUT2D eigenvalue weighted by atomic mass is 9.75. The summed E-state index contributed by atoms with van der Waals surface area (Å²) in [6, 6.07) is 18.3. The molecule has 0 N–H and O–H groups in total. The van der Waals surface area contributed by atoms with Gasteiger partial charge < -0.3 is 0 Å². The molecule has 5 aliphatic carbocycles. The zero-order valence-corrected chi connectivity index (χ0v) is 11.5. The highest BCUT2D eigenvalue weighted by Crippen LogP contribution is 2.88. The van der Waals surface area contributed by atoms with Gasteiger partial charge in [-0.25, -0.2) is 0 Å². The summed E-state index contributed by atoms with van der Waals surface area (Å²) in [5, 5.41) is 9.75. The number of hydrogen-bond acceptors (Lipinski definition) is 2. The molecule has 8 rings (SSSR count). The van der Waals surface area contributed by atoms with Gasteiger partial charge in [-0.15, -0.1) is 0 Å². The van der Waals surface area contributed by atoms with Crippen molar-refractivity contribution in [2.75, 3.05) is 0 Å². The van der Waals surface area contributed by atoms with Crippen LogP contribution in [0.1, 0.15) is 11.1 Å². The van der Waals surface area contributed by atoms with E-state index in [1.165, 1.54) is 22.3 Å². The first-order valence-corrected chi connectivity index (χ1v) is 8.04. The Labute approximate surface area is 122 Å². The van der Waals surface area contributed by atoms with Crippen LogP contribution in [0.2, 0.25) is 0 Å². The van der Waals surface area contributed by atoms with E-state index < -0.39 is 0 Å². The lowest BCUT2D eigenvalue weighted by Gasteiger charge is -2.29. The normalized spacial score (nSPS) is 43.4. The van der Waals surface area contributed by atoms with Gasteiger partial charge in [0.1, 0.15) is 5.54 Å². The highest BCUT2D eigenvalue weighted by molar-refractivity contribution is 5.81. The lowest BCUT2D eigenvalue weighted by molar-refractivity contribution is 0.345. The highest BCUT2D eigenvalue weighted by atomic mass is 15.3. The van der Waals surface area contributed by atoms with Crippen LogP contribution in [0, 0.1) is 29.6 Å². The van der Waals surface area contributed by atoms with Crippen molar-refractivity contribution < 1.29 is 0 Å². The van der Waals surface area contributed by atoms with Gasteiger partial charge in [-0.1, -0.05) is 48.5 Å². The average Bonchev–Trinajstić information content (AvgIpc) is 3.23. The Balaban J connectivity index is 1.60. The van der Waals surface area contributed by atoms with Crippen molar-refractivity contribution in [1.82, 2.24) is 0 Å². The summed E-state index contributed by atoms with van der Waals surface area (Å²) >= 11 is 0. The zero-order valence-electron chi connectivity index (χ0n) is 11.5. The molecule has 21 heavy (non-hydrogen) atoms. The minimum atomic E-state index is -0.152. The molecule has 0 amide bonds. The first kappa shape index (κ1) is 9.88. The molecule has 2 aromatic rings. The molecule has 4 saturated carbocycles. The Bertz CT molecular complexity index is 812. The number of hydrogen-bond donors (Lipinski definition) is 0. The predicted molar refractivity (Wildman–Crippen MR) is 78.8 cm³/mol. The summed E-state index contributed by atoms with van der Waals surface area (Å²) in [5.41, 5.74) is 5.43. The molecule has 100 valence electrons. The van der Waals surface area contributed by atoms with Gasteiger partial charge in [-0.2, -0.15) is 10.2 Å². The van der Waals surface area contributed by atoms with Gasteiger partial charge in [0.2, 0.25) is 0 Å². The molecule has 4 atom stereocenters. The van der Waals surface area contributed by atoms with Crippen molar-refractivity contribution in [3.8, 4) is 11.1 Å². The van der Waals surface area contributed by atoms with E-state index in [1.54, 1.807) is 0 Å². The number of azo groups is 1. The molecule has 4 fully saturated rings. The highest BCUT2D eigenvalue weighted by Gasteiger charge is 2.88. The Hall–Kier alpha value is -1.96. The molecule has 0 saturated heterocycles. The van der Waals surface area contributed by atoms with Gasteiger partial charge in [0.15, 0.2) is 0 Å². The van der Waals surface area contributed by atoms with Gasteiger partial charge >= 0.3 is 0 Å². The summed E-state index contributed by atoms with van der Waals surface area (Å²) in [7, 11) is 0. The minimum absolute atomic E-state index is 0.152. The van der Waals surface area contributed by atoms with Crippen molar-refractivity contribution in [2.45, 2.75) is 11.6 Å². The van der Waals surface area contributed by atoms with E-state index >= 15 is 0 Å². The van der Waals surface area contributed by atoms with Crippen LogP contribution in [0.4, 0.5) is 0 Å². The van der Waals surface area contributed by atoms with Crippen LogP contribution in [-0.4, -0.2) is 6.04 Å². The largest absolute Gasteiger partial charge is 0.189 e. The summed E-state index contributed by atoms with van der Waals surface area (Å²) in [6.07, 6.45) is 0. The minimum Gasteiger partial charge on any atom is -0.189 e. The third kappa shape index (κ3) is 0.803. The number of rotatable bonds is 0. The van der Waals surface area contributed by atoms with E-state index in [0.29, 0.717) is 12.0 Å². The molecule has 0 aromatic heterocycles. The molecule has 2 aromatic carbocycles. The van der Waals surface area contributed by atoms with Crippen LogP contribution in [0.15, 0.2) is 58.8 Å².